The number of ether oxygens (including phenoxy) is 2. The minimum atomic E-state index is -1.98. The molecule has 126 valence electrons. The van der Waals surface area contributed by atoms with Crippen LogP contribution in [-0.2, 0) is 9.47 Å². The molecule has 0 bridgehead atoms. The maximum Gasteiger partial charge on any atom is 0.178 e. The Morgan fingerprint density at radius 2 is 0.960 bits per heavy atom. The van der Waals surface area contributed by atoms with Gasteiger partial charge < -0.3 is 9.47 Å². The van der Waals surface area contributed by atoms with Crippen molar-refractivity contribution >= 4 is 28.6 Å². The predicted molar refractivity (Wildman–Crippen MR) is 107 cm³/mol. The molecule has 1 heterocycles. The molecular weight excluding hydrogens is 327 g/mol. The van der Waals surface area contributed by atoms with Crippen molar-refractivity contribution in [3.05, 3.63) is 91.0 Å². The number of hydrogen-bond donors (Lipinski definition) is 0. The van der Waals surface area contributed by atoms with Crippen LogP contribution in [0.3, 0.4) is 0 Å². The molecule has 0 unspecified atom stereocenters. The first-order valence-electron chi connectivity index (χ1n) is 8.54. The molecule has 0 amide bonds. The van der Waals surface area contributed by atoms with Gasteiger partial charge in [-0.3, -0.25) is 0 Å². The quantitative estimate of drug-likeness (QED) is 0.675. The average Bonchev–Trinajstić information content (AvgIpc) is 3.21. The molecule has 1 aliphatic rings. The predicted octanol–water partition coefficient (Wildman–Crippen LogP) is 3.16. The fourth-order valence-corrected chi connectivity index (χ4v) is 7.22. The largest absolute Gasteiger partial charge is 0.347 e. The lowest BCUT2D eigenvalue weighted by molar-refractivity contribution is 0.0204. The van der Waals surface area contributed by atoms with Crippen LogP contribution in [0.1, 0.15) is 0 Å². The minimum absolute atomic E-state index is 0.269. The van der Waals surface area contributed by atoms with Gasteiger partial charge in [-0.25, -0.2) is 0 Å². The Bertz CT molecular complexity index is 751. The second-order valence-electron chi connectivity index (χ2n) is 5.99. The van der Waals surface area contributed by atoms with Crippen molar-refractivity contribution in [2.45, 2.75) is 6.29 Å². The van der Waals surface area contributed by atoms with E-state index < -0.39 is 6.89 Å². The number of rotatable bonds is 4. The monoisotopic (exact) mass is 348 g/mol. The van der Waals surface area contributed by atoms with Crippen molar-refractivity contribution in [1.82, 2.24) is 0 Å². The highest BCUT2D eigenvalue weighted by Crippen LogP contribution is 2.44. The summed E-state index contributed by atoms with van der Waals surface area (Å²) in [5, 5.41) is 3.93. The Morgan fingerprint density at radius 3 is 1.32 bits per heavy atom. The Morgan fingerprint density at radius 1 is 0.600 bits per heavy atom. The van der Waals surface area contributed by atoms with E-state index in [0.29, 0.717) is 13.2 Å². The van der Waals surface area contributed by atoms with Gasteiger partial charge >= 0.3 is 0 Å². The smallest absolute Gasteiger partial charge is 0.178 e. The molecule has 0 radical (unpaired) electrons. The van der Waals surface area contributed by atoms with Crippen LogP contribution < -0.4 is 15.9 Å². The maximum absolute atomic E-state index is 5.82. The van der Waals surface area contributed by atoms with Gasteiger partial charge in [-0.15, -0.1) is 0 Å². The van der Waals surface area contributed by atoms with Gasteiger partial charge in [-0.05, 0) is 28.6 Å². The summed E-state index contributed by atoms with van der Waals surface area (Å²) in [4.78, 5) is 0. The average molecular weight is 348 g/mol. The van der Waals surface area contributed by atoms with E-state index >= 15 is 0 Å². The summed E-state index contributed by atoms with van der Waals surface area (Å²) in [6.07, 6.45) is -0.269. The minimum Gasteiger partial charge on any atom is -0.347 e. The summed E-state index contributed by atoms with van der Waals surface area (Å²) < 4.78 is 11.6. The van der Waals surface area contributed by atoms with Crippen LogP contribution >= 0.6 is 6.89 Å². The third-order valence-corrected chi connectivity index (χ3v) is 8.51. The summed E-state index contributed by atoms with van der Waals surface area (Å²) in [5.74, 6) is 2.31. The normalized spacial score (nSPS) is 15.2. The van der Waals surface area contributed by atoms with Crippen LogP contribution in [0.2, 0.25) is 0 Å². The zero-order valence-electron chi connectivity index (χ0n) is 14.0. The summed E-state index contributed by atoms with van der Waals surface area (Å²) in [6, 6.07) is 32.2. The summed E-state index contributed by atoms with van der Waals surface area (Å²) >= 11 is 0. The molecule has 1 aliphatic heterocycles. The molecule has 3 heteroatoms. The van der Waals surface area contributed by atoms with Gasteiger partial charge in [0.05, 0.1) is 13.2 Å². The fraction of sp³-hybridized carbons (Fsp3) is 0.136. The van der Waals surface area contributed by atoms with E-state index in [1.807, 2.05) is 0 Å². The van der Waals surface area contributed by atoms with E-state index in [2.05, 4.69) is 96.8 Å². The van der Waals surface area contributed by atoms with Gasteiger partial charge in [0, 0.05) is 0 Å². The topological polar surface area (TPSA) is 18.5 Å². The van der Waals surface area contributed by atoms with E-state index in [0.717, 1.165) is 0 Å². The van der Waals surface area contributed by atoms with E-state index in [-0.39, 0.29) is 6.29 Å². The first-order chi connectivity index (χ1) is 12.4. The standard InChI is InChI=1S/C22H21O2P/c1-4-10-19(11-5-1)25(18-22-23-16-17-24-22,20-12-6-2-7-13-20)21-14-8-3-9-15-21/h1-15,18,22H,16-17H2. The van der Waals surface area contributed by atoms with E-state index in [9.17, 15) is 0 Å². The molecule has 0 aromatic heterocycles. The SMILES string of the molecule is C(C1OCCO1)=P(c1ccccc1)(c1ccccc1)c1ccccc1. The lowest BCUT2D eigenvalue weighted by Gasteiger charge is -2.29. The Labute approximate surface area is 149 Å². The molecule has 2 nitrogen and oxygen atoms in total. The first-order valence-corrected chi connectivity index (χ1v) is 10.4. The van der Waals surface area contributed by atoms with Gasteiger partial charge in [0.1, 0.15) is 0 Å². The van der Waals surface area contributed by atoms with Crippen molar-refractivity contribution in [3.63, 3.8) is 0 Å². The molecule has 3 aromatic carbocycles. The van der Waals surface area contributed by atoms with Crippen LogP contribution in [0.25, 0.3) is 0 Å². The second kappa shape index (κ2) is 7.41. The summed E-state index contributed by atoms with van der Waals surface area (Å²) in [6.45, 7) is -0.673. The van der Waals surface area contributed by atoms with Gasteiger partial charge in [0.25, 0.3) is 0 Å². The van der Waals surface area contributed by atoms with Crippen molar-refractivity contribution in [3.8, 4) is 0 Å². The molecule has 1 fully saturated rings. The molecule has 0 aliphatic carbocycles. The third-order valence-electron chi connectivity index (χ3n) is 4.48. The first kappa shape index (κ1) is 16.4. The van der Waals surface area contributed by atoms with E-state index in [1.54, 1.807) is 0 Å². The highest BCUT2D eigenvalue weighted by molar-refractivity contribution is 7.94. The van der Waals surface area contributed by atoms with Crippen LogP contribution in [0.5, 0.6) is 0 Å². The molecular formula is C22H21O2P. The van der Waals surface area contributed by atoms with E-state index in [4.69, 9.17) is 9.47 Å². The lowest BCUT2D eigenvalue weighted by atomic mass is 10.4. The van der Waals surface area contributed by atoms with Crippen molar-refractivity contribution < 1.29 is 9.47 Å². The Hall–Kier alpha value is -2.12. The summed E-state index contributed by atoms with van der Waals surface area (Å²) in [5.41, 5.74) is 0. The number of hydrogen-bond acceptors (Lipinski definition) is 2. The van der Waals surface area contributed by atoms with Crippen LogP contribution in [-0.4, -0.2) is 25.3 Å². The van der Waals surface area contributed by atoms with Gasteiger partial charge in [0.15, 0.2) is 6.29 Å². The van der Waals surface area contributed by atoms with E-state index in [1.165, 1.54) is 15.9 Å². The van der Waals surface area contributed by atoms with Crippen molar-refractivity contribution in [2.75, 3.05) is 13.2 Å². The molecule has 0 N–H and O–H groups in total. The molecule has 0 spiro atoms. The van der Waals surface area contributed by atoms with Crippen LogP contribution in [0.15, 0.2) is 91.0 Å². The molecule has 0 saturated carbocycles. The van der Waals surface area contributed by atoms with Crippen molar-refractivity contribution in [2.24, 2.45) is 0 Å². The van der Waals surface area contributed by atoms with Crippen LogP contribution in [0.4, 0.5) is 0 Å². The highest BCUT2D eigenvalue weighted by atomic mass is 31.2. The zero-order chi connectivity index (χ0) is 17.0. The molecule has 3 aromatic rings. The maximum atomic E-state index is 5.82. The fourth-order valence-electron chi connectivity index (χ4n) is 3.34. The molecule has 4 rings (SSSR count). The lowest BCUT2D eigenvalue weighted by Crippen LogP contribution is -2.29. The van der Waals surface area contributed by atoms with Gasteiger partial charge in [-0.2, -0.15) is 0 Å². The molecule has 25 heavy (non-hydrogen) atoms. The Kier molecular flexibility index (Phi) is 4.85. The third kappa shape index (κ3) is 3.21. The number of benzene rings is 3. The molecule has 1 saturated heterocycles. The molecule has 0 atom stereocenters. The zero-order valence-corrected chi connectivity index (χ0v) is 14.9. The summed E-state index contributed by atoms with van der Waals surface area (Å²) in [7, 11) is 0. The van der Waals surface area contributed by atoms with Crippen molar-refractivity contribution in [1.29, 1.82) is 0 Å². The van der Waals surface area contributed by atoms with Gasteiger partial charge in [0.2, 0.25) is 0 Å². The second-order valence-corrected chi connectivity index (χ2v) is 9.28. The highest BCUT2D eigenvalue weighted by Gasteiger charge is 2.28. The Balaban J connectivity index is 2.05. The van der Waals surface area contributed by atoms with Crippen LogP contribution in [0, 0.1) is 0 Å². The van der Waals surface area contributed by atoms with Gasteiger partial charge in [-0.1, -0.05) is 91.0 Å².